The van der Waals surface area contributed by atoms with Crippen molar-refractivity contribution in [2.24, 2.45) is 0 Å². The Morgan fingerprint density at radius 3 is 2.62 bits per heavy atom. The maximum absolute atomic E-state index is 9.56. The van der Waals surface area contributed by atoms with Gasteiger partial charge < -0.3 is 9.84 Å². The molecule has 0 aliphatic rings. The molecule has 0 atom stereocenters. The van der Waals surface area contributed by atoms with Crippen LogP contribution in [-0.2, 0) is 11.2 Å². The fourth-order valence-corrected chi connectivity index (χ4v) is 1.66. The predicted octanol–water partition coefficient (Wildman–Crippen LogP) is 3.53. The molecule has 0 heterocycles. The number of aryl methyl sites for hydroxylation is 1. The Bertz CT molecular complexity index is 284. The first kappa shape index (κ1) is 13.0. The lowest BCUT2D eigenvalue weighted by atomic mass is 10.1. The van der Waals surface area contributed by atoms with Crippen LogP contribution >= 0.6 is 0 Å². The van der Waals surface area contributed by atoms with Gasteiger partial charge in [0.2, 0.25) is 0 Å². The molecule has 1 rings (SSSR count). The van der Waals surface area contributed by atoms with Crippen LogP contribution in [0.5, 0.6) is 5.75 Å². The third kappa shape index (κ3) is 5.17. The van der Waals surface area contributed by atoms with Gasteiger partial charge >= 0.3 is 0 Å². The van der Waals surface area contributed by atoms with Crippen molar-refractivity contribution in [3.63, 3.8) is 0 Å². The molecule has 0 amide bonds. The molecule has 0 saturated carbocycles. The first-order valence-corrected chi connectivity index (χ1v) is 6.19. The molecule has 0 fully saturated rings. The zero-order valence-corrected chi connectivity index (χ0v) is 10.1. The lowest BCUT2D eigenvalue weighted by molar-refractivity contribution is 0.130. The molecule has 1 aromatic carbocycles. The highest BCUT2D eigenvalue weighted by Crippen LogP contribution is 2.18. The van der Waals surface area contributed by atoms with Crippen molar-refractivity contribution in [2.45, 2.75) is 39.0 Å². The molecule has 2 heteroatoms. The van der Waals surface area contributed by atoms with Gasteiger partial charge in [0, 0.05) is 13.2 Å². The smallest absolute Gasteiger partial charge is 0.118 e. The van der Waals surface area contributed by atoms with E-state index in [9.17, 15) is 5.11 Å². The third-order valence-corrected chi connectivity index (χ3v) is 2.57. The number of unbranched alkanes of at least 4 members (excludes halogenated alkanes) is 2. The first-order valence-electron chi connectivity index (χ1n) is 6.19. The molecular formula is C14H22O2. The summed E-state index contributed by atoms with van der Waals surface area (Å²) >= 11 is 0. The fourth-order valence-electron chi connectivity index (χ4n) is 1.66. The molecule has 2 nitrogen and oxygen atoms in total. The van der Waals surface area contributed by atoms with Crippen molar-refractivity contribution in [3.8, 4) is 5.75 Å². The second kappa shape index (κ2) is 8.17. The van der Waals surface area contributed by atoms with Gasteiger partial charge in [0.15, 0.2) is 0 Å². The van der Waals surface area contributed by atoms with E-state index in [2.05, 4.69) is 6.92 Å². The summed E-state index contributed by atoms with van der Waals surface area (Å²) in [6.45, 7) is 3.87. The highest BCUT2D eigenvalue weighted by atomic mass is 16.5. The molecule has 1 N–H and O–H groups in total. The van der Waals surface area contributed by atoms with E-state index in [4.69, 9.17) is 4.74 Å². The quantitative estimate of drug-likeness (QED) is 0.682. The summed E-state index contributed by atoms with van der Waals surface area (Å²) in [5.41, 5.74) is 1.05. The van der Waals surface area contributed by atoms with Crippen molar-refractivity contribution < 1.29 is 9.84 Å². The molecule has 0 aromatic heterocycles. The summed E-state index contributed by atoms with van der Waals surface area (Å²) in [6, 6.07) is 7.57. The van der Waals surface area contributed by atoms with Crippen molar-refractivity contribution in [1.82, 2.24) is 0 Å². The molecule has 1 aromatic rings. The molecule has 0 aliphatic heterocycles. The number of phenolic OH excluding ortho intramolecular Hbond substituents is 1. The zero-order chi connectivity index (χ0) is 11.6. The predicted molar refractivity (Wildman–Crippen MR) is 66.8 cm³/mol. The highest BCUT2D eigenvalue weighted by Gasteiger charge is 1.98. The van der Waals surface area contributed by atoms with E-state index in [1.54, 1.807) is 6.07 Å². The maximum Gasteiger partial charge on any atom is 0.118 e. The van der Waals surface area contributed by atoms with Gasteiger partial charge in [0.1, 0.15) is 5.75 Å². The molecule has 0 radical (unpaired) electrons. The molecular weight excluding hydrogens is 200 g/mol. The van der Waals surface area contributed by atoms with Crippen LogP contribution in [0.4, 0.5) is 0 Å². The maximum atomic E-state index is 9.56. The summed E-state index contributed by atoms with van der Waals surface area (Å²) in [5, 5.41) is 9.56. The molecule has 0 unspecified atom stereocenters. The number of para-hydroxylation sites is 1. The lowest BCUT2D eigenvalue weighted by Gasteiger charge is -2.04. The van der Waals surface area contributed by atoms with E-state index >= 15 is 0 Å². The Morgan fingerprint density at radius 1 is 1.06 bits per heavy atom. The number of aromatic hydroxyl groups is 1. The average molecular weight is 222 g/mol. The second-order valence-electron chi connectivity index (χ2n) is 4.05. The van der Waals surface area contributed by atoms with E-state index in [0.717, 1.165) is 50.9 Å². The van der Waals surface area contributed by atoms with Crippen LogP contribution < -0.4 is 0 Å². The SMILES string of the molecule is CCCOCCCCCc1ccccc1O. The Morgan fingerprint density at radius 2 is 1.88 bits per heavy atom. The molecule has 0 bridgehead atoms. The second-order valence-corrected chi connectivity index (χ2v) is 4.05. The standard InChI is InChI=1S/C14H22O2/c1-2-11-16-12-7-3-4-8-13-9-5-6-10-14(13)15/h5-6,9-10,15H,2-4,7-8,11-12H2,1H3. The minimum Gasteiger partial charge on any atom is -0.508 e. The van der Waals surface area contributed by atoms with Gasteiger partial charge in [-0.2, -0.15) is 0 Å². The summed E-state index contributed by atoms with van der Waals surface area (Å²) in [5.74, 6) is 0.421. The van der Waals surface area contributed by atoms with Gasteiger partial charge in [0.05, 0.1) is 0 Å². The fraction of sp³-hybridized carbons (Fsp3) is 0.571. The van der Waals surface area contributed by atoms with Crippen LogP contribution in [0, 0.1) is 0 Å². The minimum absolute atomic E-state index is 0.421. The number of ether oxygens (including phenoxy) is 1. The van der Waals surface area contributed by atoms with Crippen molar-refractivity contribution >= 4 is 0 Å². The number of rotatable bonds is 8. The van der Waals surface area contributed by atoms with E-state index < -0.39 is 0 Å². The zero-order valence-electron chi connectivity index (χ0n) is 10.1. The Labute approximate surface area is 98.3 Å². The molecule has 90 valence electrons. The van der Waals surface area contributed by atoms with Gasteiger partial charge in [-0.3, -0.25) is 0 Å². The number of phenols is 1. The number of hydrogen-bond donors (Lipinski definition) is 1. The molecule has 0 spiro atoms. The molecule has 16 heavy (non-hydrogen) atoms. The van der Waals surface area contributed by atoms with Crippen LogP contribution in [0.25, 0.3) is 0 Å². The Hall–Kier alpha value is -1.02. The molecule has 0 saturated heterocycles. The first-order chi connectivity index (χ1) is 7.84. The Kier molecular flexibility index (Phi) is 6.66. The van der Waals surface area contributed by atoms with Gasteiger partial charge in [-0.05, 0) is 37.3 Å². The van der Waals surface area contributed by atoms with E-state index in [0.29, 0.717) is 5.75 Å². The van der Waals surface area contributed by atoms with E-state index in [1.807, 2.05) is 18.2 Å². The summed E-state index contributed by atoms with van der Waals surface area (Å²) in [6.07, 6.45) is 5.46. The van der Waals surface area contributed by atoms with Crippen LogP contribution in [0.3, 0.4) is 0 Å². The van der Waals surface area contributed by atoms with Crippen molar-refractivity contribution in [2.75, 3.05) is 13.2 Å². The molecule has 0 aliphatic carbocycles. The van der Waals surface area contributed by atoms with Gasteiger partial charge in [-0.15, -0.1) is 0 Å². The monoisotopic (exact) mass is 222 g/mol. The number of hydrogen-bond acceptors (Lipinski definition) is 2. The van der Waals surface area contributed by atoms with Gasteiger partial charge in [-0.25, -0.2) is 0 Å². The summed E-state index contributed by atoms with van der Waals surface area (Å²) in [4.78, 5) is 0. The highest BCUT2D eigenvalue weighted by molar-refractivity contribution is 5.31. The van der Waals surface area contributed by atoms with Crippen molar-refractivity contribution in [3.05, 3.63) is 29.8 Å². The lowest BCUT2D eigenvalue weighted by Crippen LogP contribution is -1.96. The van der Waals surface area contributed by atoms with E-state index in [-0.39, 0.29) is 0 Å². The average Bonchev–Trinajstić information content (AvgIpc) is 2.30. The van der Waals surface area contributed by atoms with Crippen LogP contribution in [0.2, 0.25) is 0 Å². The van der Waals surface area contributed by atoms with Crippen LogP contribution in [0.1, 0.15) is 38.2 Å². The Balaban J connectivity index is 2.05. The minimum atomic E-state index is 0.421. The summed E-state index contributed by atoms with van der Waals surface area (Å²) < 4.78 is 5.41. The van der Waals surface area contributed by atoms with Crippen LogP contribution in [0.15, 0.2) is 24.3 Å². The van der Waals surface area contributed by atoms with Crippen LogP contribution in [-0.4, -0.2) is 18.3 Å². The number of benzene rings is 1. The van der Waals surface area contributed by atoms with Crippen molar-refractivity contribution in [1.29, 1.82) is 0 Å². The van der Waals surface area contributed by atoms with Gasteiger partial charge in [0.25, 0.3) is 0 Å². The van der Waals surface area contributed by atoms with Gasteiger partial charge in [-0.1, -0.05) is 31.5 Å². The largest absolute Gasteiger partial charge is 0.508 e. The summed E-state index contributed by atoms with van der Waals surface area (Å²) in [7, 11) is 0. The third-order valence-electron chi connectivity index (χ3n) is 2.57. The topological polar surface area (TPSA) is 29.5 Å². The normalized spacial score (nSPS) is 10.6. The van der Waals surface area contributed by atoms with E-state index in [1.165, 1.54) is 0 Å².